The predicted molar refractivity (Wildman–Crippen MR) is 102 cm³/mol. The first-order valence-electron chi connectivity index (χ1n) is 8.42. The Kier molecular flexibility index (Phi) is 8.04. The van der Waals surface area contributed by atoms with E-state index >= 15 is 0 Å². The van der Waals surface area contributed by atoms with E-state index < -0.39 is 33.6 Å². The summed E-state index contributed by atoms with van der Waals surface area (Å²) in [6.45, 7) is 3.39. The minimum absolute atomic E-state index is 0.00883. The summed E-state index contributed by atoms with van der Waals surface area (Å²) < 4.78 is 24.4. The number of aliphatic hydroxyl groups is 1. The average molecular weight is 401 g/mol. The number of hydrogen-bond acceptors (Lipinski definition) is 7. The first kappa shape index (κ1) is 22.7. The highest BCUT2D eigenvalue weighted by Crippen LogP contribution is 2.25. The molecule has 0 saturated heterocycles. The van der Waals surface area contributed by atoms with Gasteiger partial charge in [-0.3, -0.25) is 9.59 Å². The largest absolute Gasteiger partial charge is 0.481 e. The molecule has 0 heterocycles. The number of anilines is 2. The second-order valence-corrected chi connectivity index (χ2v) is 9.06. The maximum absolute atomic E-state index is 12.2. The monoisotopic (exact) mass is 401 g/mol. The molecule has 0 aliphatic rings. The molecule has 0 atom stereocenters. The van der Waals surface area contributed by atoms with Crippen molar-refractivity contribution in [2.45, 2.75) is 31.6 Å². The van der Waals surface area contributed by atoms with Crippen LogP contribution in [0, 0.1) is 5.41 Å². The predicted octanol–water partition coefficient (Wildman–Crippen LogP) is 0.454. The molecule has 27 heavy (non-hydrogen) atoms. The van der Waals surface area contributed by atoms with Crippen molar-refractivity contribution < 1.29 is 28.2 Å². The quantitative estimate of drug-likeness (QED) is 0.264. The van der Waals surface area contributed by atoms with Gasteiger partial charge < -0.3 is 26.6 Å². The van der Waals surface area contributed by atoms with Crippen LogP contribution in [0.1, 0.15) is 26.7 Å². The van der Waals surface area contributed by atoms with Gasteiger partial charge in [-0.2, -0.15) is 0 Å². The fourth-order valence-corrected chi connectivity index (χ4v) is 3.79. The SMILES string of the molecule is CC(C)(CC(=O)O)CC(=O)NCCNc1ccc(N)cc1S(=O)(=O)CCO. The normalized spacial score (nSPS) is 11.8. The third-order valence-corrected chi connectivity index (χ3v) is 5.46. The van der Waals surface area contributed by atoms with E-state index in [2.05, 4.69) is 10.6 Å². The highest BCUT2D eigenvalue weighted by molar-refractivity contribution is 7.91. The number of rotatable bonds is 11. The Labute approximate surface area is 158 Å². The third kappa shape index (κ3) is 7.83. The van der Waals surface area contributed by atoms with Crippen LogP contribution in [-0.4, -0.2) is 56.0 Å². The van der Waals surface area contributed by atoms with Crippen molar-refractivity contribution in [3.63, 3.8) is 0 Å². The maximum atomic E-state index is 12.2. The van der Waals surface area contributed by atoms with E-state index in [0.717, 1.165) is 0 Å². The Morgan fingerprint density at radius 2 is 1.85 bits per heavy atom. The summed E-state index contributed by atoms with van der Waals surface area (Å²) in [4.78, 5) is 22.7. The van der Waals surface area contributed by atoms with Crippen LogP contribution in [0.5, 0.6) is 0 Å². The van der Waals surface area contributed by atoms with Crippen LogP contribution in [0.3, 0.4) is 0 Å². The molecule has 0 aliphatic heterocycles. The zero-order valence-corrected chi connectivity index (χ0v) is 16.3. The molecule has 0 saturated carbocycles. The number of carbonyl (C=O) groups is 2. The molecular weight excluding hydrogens is 374 g/mol. The number of carbonyl (C=O) groups excluding carboxylic acids is 1. The number of nitrogen functional groups attached to an aromatic ring is 1. The molecule has 0 unspecified atom stereocenters. The van der Waals surface area contributed by atoms with Gasteiger partial charge in [0.05, 0.1) is 29.4 Å². The van der Waals surface area contributed by atoms with Crippen LogP contribution in [-0.2, 0) is 19.4 Å². The molecule has 152 valence electrons. The third-order valence-electron chi connectivity index (χ3n) is 3.73. The molecular formula is C17H27N3O6S. The van der Waals surface area contributed by atoms with Gasteiger partial charge in [-0.1, -0.05) is 13.8 Å². The number of aliphatic hydroxyl groups excluding tert-OH is 1. The van der Waals surface area contributed by atoms with Crippen molar-refractivity contribution in [3.8, 4) is 0 Å². The zero-order valence-electron chi connectivity index (χ0n) is 15.5. The highest BCUT2D eigenvalue weighted by atomic mass is 32.2. The van der Waals surface area contributed by atoms with Crippen LogP contribution in [0.25, 0.3) is 0 Å². The molecule has 1 aromatic rings. The summed E-state index contributed by atoms with van der Waals surface area (Å²) >= 11 is 0. The molecule has 10 heteroatoms. The highest BCUT2D eigenvalue weighted by Gasteiger charge is 2.25. The molecule has 1 aromatic carbocycles. The molecule has 1 amide bonds. The van der Waals surface area contributed by atoms with E-state index in [1.807, 2.05) is 0 Å². The second kappa shape index (κ2) is 9.56. The van der Waals surface area contributed by atoms with Crippen LogP contribution >= 0.6 is 0 Å². The Balaban J connectivity index is 2.63. The number of aliphatic carboxylic acids is 1. The van der Waals surface area contributed by atoms with Gasteiger partial charge in [-0.25, -0.2) is 8.42 Å². The fraction of sp³-hybridized carbons (Fsp3) is 0.529. The van der Waals surface area contributed by atoms with Crippen molar-refractivity contribution >= 4 is 33.1 Å². The van der Waals surface area contributed by atoms with Gasteiger partial charge in [0.25, 0.3) is 0 Å². The van der Waals surface area contributed by atoms with Crippen molar-refractivity contribution in [2.75, 3.05) is 36.5 Å². The lowest BCUT2D eigenvalue weighted by Gasteiger charge is -2.21. The molecule has 0 radical (unpaired) electrons. The van der Waals surface area contributed by atoms with Crippen molar-refractivity contribution in [3.05, 3.63) is 18.2 Å². The molecule has 0 fully saturated rings. The zero-order chi connectivity index (χ0) is 20.7. The standard InChI is InChI=1S/C17H27N3O6S/c1-17(2,11-16(23)24)10-15(22)20-6-5-19-13-4-3-12(18)9-14(13)27(25,26)8-7-21/h3-4,9,19,21H,5-8,10-11,18H2,1-2H3,(H,20,22)(H,23,24). The number of carboxylic acids is 1. The van der Waals surface area contributed by atoms with E-state index in [4.69, 9.17) is 15.9 Å². The number of amides is 1. The molecule has 6 N–H and O–H groups in total. The summed E-state index contributed by atoms with van der Waals surface area (Å²) in [5.41, 5.74) is 5.61. The fourth-order valence-electron chi connectivity index (χ4n) is 2.54. The van der Waals surface area contributed by atoms with Gasteiger partial charge in [0.1, 0.15) is 0 Å². The Bertz CT molecular complexity index is 777. The summed E-state index contributed by atoms with van der Waals surface area (Å²) in [7, 11) is -3.69. The number of hydrogen-bond donors (Lipinski definition) is 5. The lowest BCUT2D eigenvalue weighted by Crippen LogP contribution is -2.33. The molecule has 1 rings (SSSR count). The molecule has 0 aromatic heterocycles. The van der Waals surface area contributed by atoms with Crippen LogP contribution < -0.4 is 16.4 Å². The van der Waals surface area contributed by atoms with E-state index in [-0.39, 0.29) is 42.4 Å². The number of benzene rings is 1. The van der Waals surface area contributed by atoms with Gasteiger partial charge in [0.15, 0.2) is 9.84 Å². The summed E-state index contributed by atoms with van der Waals surface area (Å²) in [5, 5.41) is 23.4. The molecule has 0 aliphatic carbocycles. The van der Waals surface area contributed by atoms with Crippen molar-refractivity contribution in [2.24, 2.45) is 5.41 Å². The van der Waals surface area contributed by atoms with E-state index in [1.165, 1.54) is 12.1 Å². The molecule has 0 bridgehead atoms. The minimum Gasteiger partial charge on any atom is -0.481 e. The van der Waals surface area contributed by atoms with Gasteiger partial charge in [-0.05, 0) is 23.6 Å². The van der Waals surface area contributed by atoms with Gasteiger partial charge in [0, 0.05) is 25.2 Å². The van der Waals surface area contributed by atoms with Gasteiger partial charge in [-0.15, -0.1) is 0 Å². The second-order valence-electron chi connectivity index (χ2n) is 6.99. The lowest BCUT2D eigenvalue weighted by atomic mass is 9.85. The Morgan fingerprint density at radius 1 is 1.19 bits per heavy atom. The smallest absolute Gasteiger partial charge is 0.303 e. The number of nitrogens with two attached hydrogens (primary N) is 1. The first-order chi connectivity index (χ1) is 12.5. The lowest BCUT2D eigenvalue weighted by molar-refractivity contribution is -0.139. The van der Waals surface area contributed by atoms with Crippen molar-refractivity contribution in [1.82, 2.24) is 5.32 Å². The van der Waals surface area contributed by atoms with Crippen LogP contribution in [0.15, 0.2) is 23.1 Å². The number of nitrogens with one attached hydrogen (secondary N) is 2. The Morgan fingerprint density at radius 3 is 2.44 bits per heavy atom. The summed E-state index contributed by atoms with van der Waals surface area (Å²) in [6, 6.07) is 4.39. The molecule has 9 nitrogen and oxygen atoms in total. The van der Waals surface area contributed by atoms with Gasteiger partial charge in [0.2, 0.25) is 5.91 Å². The van der Waals surface area contributed by atoms with E-state index in [0.29, 0.717) is 5.69 Å². The van der Waals surface area contributed by atoms with Crippen LogP contribution in [0.2, 0.25) is 0 Å². The topological polar surface area (TPSA) is 159 Å². The maximum Gasteiger partial charge on any atom is 0.303 e. The number of carboxylic acid groups (broad SMARTS) is 1. The van der Waals surface area contributed by atoms with Gasteiger partial charge >= 0.3 is 5.97 Å². The average Bonchev–Trinajstić information content (AvgIpc) is 2.50. The minimum atomic E-state index is -3.69. The summed E-state index contributed by atoms with van der Waals surface area (Å²) in [6.07, 6.45) is -0.0481. The van der Waals surface area contributed by atoms with Crippen molar-refractivity contribution in [1.29, 1.82) is 0 Å². The van der Waals surface area contributed by atoms with Crippen LogP contribution in [0.4, 0.5) is 11.4 Å². The first-order valence-corrected chi connectivity index (χ1v) is 10.1. The summed E-state index contributed by atoms with van der Waals surface area (Å²) in [5.74, 6) is -1.66. The Hall–Kier alpha value is -2.33. The molecule has 0 spiro atoms. The number of sulfone groups is 1. The van der Waals surface area contributed by atoms with E-state index in [1.54, 1.807) is 19.9 Å². The van der Waals surface area contributed by atoms with E-state index in [9.17, 15) is 18.0 Å².